The van der Waals surface area contributed by atoms with Crippen LogP contribution in [-0.2, 0) is 6.42 Å². The first-order valence-corrected chi connectivity index (χ1v) is 10.8. The van der Waals surface area contributed by atoms with Crippen LogP contribution >= 0.6 is 0 Å². The molecule has 6 nitrogen and oxygen atoms in total. The van der Waals surface area contributed by atoms with Gasteiger partial charge in [-0.1, -0.05) is 18.2 Å². The van der Waals surface area contributed by atoms with Crippen molar-refractivity contribution < 1.29 is 4.39 Å². The number of piperidine rings is 1. The van der Waals surface area contributed by atoms with Crippen LogP contribution in [0.3, 0.4) is 0 Å². The quantitative estimate of drug-likeness (QED) is 0.474. The molecule has 0 unspecified atom stereocenters. The highest BCUT2D eigenvalue weighted by atomic mass is 19.1. The minimum absolute atomic E-state index is 0.245. The lowest BCUT2D eigenvalue weighted by Gasteiger charge is -2.34. The minimum atomic E-state index is -0.245. The Balaban J connectivity index is 1.21. The van der Waals surface area contributed by atoms with Crippen molar-refractivity contribution in [3.05, 3.63) is 78.4 Å². The molecule has 1 aliphatic heterocycles. The molecule has 1 saturated heterocycles. The number of guanidine groups is 1. The summed E-state index contributed by atoms with van der Waals surface area (Å²) < 4.78 is 14.9. The van der Waals surface area contributed by atoms with Gasteiger partial charge in [0.1, 0.15) is 5.82 Å². The maximum atomic E-state index is 13.1. The Kier molecular flexibility index (Phi) is 6.82. The third-order valence-electron chi connectivity index (χ3n) is 5.59. The van der Waals surface area contributed by atoms with E-state index in [-0.39, 0.29) is 5.82 Å². The second kappa shape index (κ2) is 10.1. The molecular weight excluding hydrogens is 391 g/mol. The van der Waals surface area contributed by atoms with Crippen molar-refractivity contribution in [2.24, 2.45) is 4.99 Å². The maximum Gasteiger partial charge on any atom is 0.191 e. The second-order valence-electron chi connectivity index (χ2n) is 7.72. The number of anilines is 1. The molecule has 0 atom stereocenters. The van der Waals surface area contributed by atoms with Crippen molar-refractivity contribution in [3.8, 4) is 5.69 Å². The number of rotatable bonds is 6. The molecule has 1 fully saturated rings. The van der Waals surface area contributed by atoms with Crippen LogP contribution in [-0.4, -0.2) is 48.5 Å². The van der Waals surface area contributed by atoms with Crippen LogP contribution in [0.2, 0.25) is 0 Å². The molecule has 2 aromatic carbocycles. The van der Waals surface area contributed by atoms with E-state index in [1.807, 2.05) is 12.3 Å². The largest absolute Gasteiger partial charge is 0.371 e. The predicted octanol–water partition coefficient (Wildman–Crippen LogP) is 3.39. The number of aromatic nitrogens is 2. The van der Waals surface area contributed by atoms with Gasteiger partial charge in [0.25, 0.3) is 0 Å². The molecule has 0 aliphatic carbocycles. The lowest BCUT2D eigenvalue weighted by atomic mass is 10.0. The Morgan fingerprint density at radius 1 is 1.03 bits per heavy atom. The summed E-state index contributed by atoms with van der Waals surface area (Å²) in [7, 11) is 1.80. The zero-order chi connectivity index (χ0) is 21.5. The smallest absolute Gasteiger partial charge is 0.191 e. The second-order valence-corrected chi connectivity index (χ2v) is 7.72. The van der Waals surface area contributed by atoms with Gasteiger partial charge in [-0.3, -0.25) is 4.99 Å². The van der Waals surface area contributed by atoms with Gasteiger partial charge < -0.3 is 15.5 Å². The van der Waals surface area contributed by atoms with Gasteiger partial charge in [-0.15, -0.1) is 0 Å². The lowest BCUT2D eigenvalue weighted by molar-refractivity contribution is 0.461. The summed E-state index contributed by atoms with van der Waals surface area (Å²) in [6.45, 7) is 2.82. The standard InChI is InChI=1S/C24H29FN6/c1-26-24(28-20-12-16-30(17-13-20)22-5-3-2-4-6-22)27-15-11-21-14-18-31(29-21)23-9-7-19(25)8-10-23/h2-10,14,18,20H,11-13,15-17H2,1H3,(H2,26,27,28). The molecule has 0 bridgehead atoms. The molecule has 0 radical (unpaired) electrons. The van der Waals surface area contributed by atoms with Gasteiger partial charge in [-0.25, -0.2) is 9.07 Å². The van der Waals surface area contributed by atoms with Gasteiger partial charge in [0.2, 0.25) is 0 Å². The Morgan fingerprint density at radius 2 is 1.77 bits per heavy atom. The number of hydrogen-bond donors (Lipinski definition) is 2. The van der Waals surface area contributed by atoms with Crippen LogP contribution in [0.5, 0.6) is 0 Å². The van der Waals surface area contributed by atoms with Crippen LogP contribution < -0.4 is 15.5 Å². The average Bonchev–Trinajstić information content (AvgIpc) is 3.29. The SMILES string of the molecule is CN=C(NCCc1ccn(-c2ccc(F)cc2)n1)NC1CCN(c2ccccc2)CC1. The van der Waals surface area contributed by atoms with E-state index in [0.29, 0.717) is 6.04 Å². The van der Waals surface area contributed by atoms with Crippen molar-refractivity contribution in [3.63, 3.8) is 0 Å². The predicted molar refractivity (Wildman–Crippen MR) is 123 cm³/mol. The van der Waals surface area contributed by atoms with E-state index in [9.17, 15) is 4.39 Å². The van der Waals surface area contributed by atoms with Gasteiger partial charge >= 0.3 is 0 Å². The fourth-order valence-corrected chi connectivity index (χ4v) is 3.85. The summed E-state index contributed by atoms with van der Waals surface area (Å²) in [6, 6.07) is 19.3. The van der Waals surface area contributed by atoms with Crippen molar-refractivity contribution in [1.29, 1.82) is 0 Å². The van der Waals surface area contributed by atoms with Crippen LogP contribution in [0.15, 0.2) is 71.9 Å². The van der Waals surface area contributed by atoms with Gasteiger partial charge in [0, 0.05) is 51.0 Å². The zero-order valence-corrected chi connectivity index (χ0v) is 17.8. The molecule has 2 heterocycles. The zero-order valence-electron chi connectivity index (χ0n) is 17.8. The molecule has 4 rings (SSSR count). The fraction of sp³-hybridized carbons (Fsp3) is 0.333. The number of nitrogens with one attached hydrogen (secondary N) is 2. The van der Waals surface area contributed by atoms with Gasteiger partial charge in [0.05, 0.1) is 11.4 Å². The molecule has 0 saturated carbocycles. The first-order chi connectivity index (χ1) is 15.2. The fourth-order valence-electron chi connectivity index (χ4n) is 3.85. The molecule has 0 spiro atoms. The van der Waals surface area contributed by atoms with E-state index in [0.717, 1.165) is 56.2 Å². The number of hydrogen-bond acceptors (Lipinski definition) is 3. The van der Waals surface area contributed by atoms with Crippen molar-refractivity contribution >= 4 is 11.6 Å². The van der Waals surface area contributed by atoms with Crippen LogP contribution in [0, 0.1) is 5.82 Å². The number of halogens is 1. The summed E-state index contributed by atoms with van der Waals surface area (Å²) in [5, 5.41) is 11.5. The third-order valence-corrected chi connectivity index (χ3v) is 5.59. The molecule has 0 amide bonds. The van der Waals surface area contributed by atoms with E-state index in [1.54, 1.807) is 23.9 Å². The van der Waals surface area contributed by atoms with Gasteiger partial charge in [0.15, 0.2) is 5.96 Å². The van der Waals surface area contributed by atoms with Crippen LogP contribution in [0.4, 0.5) is 10.1 Å². The monoisotopic (exact) mass is 420 g/mol. The molecule has 3 aromatic rings. The number of nitrogens with zero attached hydrogens (tertiary/aromatic N) is 4. The minimum Gasteiger partial charge on any atom is -0.371 e. The van der Waals surface area contributed by atoms with Crippen molar-refractivity contribution in [1.82, 2.24) is 20.4 Å². The normalized spacial score (nSPS) is 15.2. The van der Waals surface area contributed by atoms with Crippen molar-refractivity contribution in [2.75, 3.05) is 31.6 Å². The first kappa shape index (κ1) is 20.9. The summed E-state index contributed by atoms with van der Waals surface area (Å²) in [6.07, 6.45) is 4.84. The Labute approximate surface area is 182 Å². The van der Waals surface area contributed by atoms with Gasteiger partial charge in [-0.05, 0) is 55.3 Å². The Hall–Kier alpha value is -3.35. The molecule has 2 N–H and O–H groups in total. The lowest BCUT2D eigenvalue weighted by Crippen LogP contribution is -2.49. The Bertz CT molecular complexity index is 975. The van der Waals surface area contributed by atoms with E-state index < -0.39 is 0 Å². The summed E-state index contributed by atoms with van der Waals surface area (Å²) in [5.74, 6) is 0.584. The summed E-state index contributed by atoms with van der Waals surface area (Å²) in [5.41, 5.74) is 3.12. The number of aliphatic imine (C=N–C) groups is 1. The first-order valence-electron chi connectivity index (χ1n) is 10.8. The number of para-hydroxylation sites is 1. The van der Waals surface area contributed by atoms with Crippen molar-refractivity contribution in [2.45, 2.75) is 25.3 Å². The van der Waals surface area contributed by atoms with Crippen LogP contribution in [0.1, 0.15) is 18.5 Å². The third kappa shape index (κ3) is 5.63. The highest BCUT2D eigenvalue weighted by Crippen LogP contribution is 2.19. The van der Waals surface area contributed by atoms with E-state index in [2.05, 4.69) is 56.0 Å². The average molecular weight is 421 g/mol. The summed E-state index contributed by atoms with van der Waals surface area (Å²) in [4.78, 5) is 6.81. The maximum absolute atomic E-state index is 13.1. The Morgan fingerprint density at radius 3 is 2.48 bits per heavy atom. The molecular formula is C24H29FN6. The topological polar surface area (TPSA) is 57.5 Å². The molecule has 1 aromatic heterocycles. The summed E-state index contributed by atoms with van der Waals surface area (Å²) >= 11 is 0. The highest BCUT2D eigenvalue weighted by Gasteiger charge is 2.20. The van der Waals surface area contributed by atoms with E-state index >= 15 is 0 Å². The molecule has 7 heteroatoms. The highest BCUT2D eigenvalue weighted by molar-refractivity contribution is 5.80. The molecule has 162 valence electrons. The van der Waals surface area contributed by atoms with Gasteiger partial charge in [-0.2, -0.15) is 5.10 Å². The van der Waals surface area contributed by atoms with E-state index in [4.69, 9.17) is 0 Å². The molecule has 31 heavy (non-hydrogen) atoms. The molecule has 1 aliphatic rings. The van der Waals surface area contributed by atoms with E-state index in [1.165, 1.54) is 17.8 Å². The number of benzene rings is 2. The van der Waals surface area contributed by atoms with Crippen LogP contribution in [0.25, 0.3) is 5.69 Å².